The summed E-state index contributed by atoms with van der Waals surface area (Å²) >= 11 is 0.826. The van der Waals surface area contributed by atoms with E-state index in [1.807, 2.05) is 13.8 Å². The number of aromatic nitrogens is 1. The summed E-state index contributed by atoms with van der Waals surface area (Å²) in [5.74, 6) is -1.33. The second kappa shape index (κ2) is 4.84. The number of hydrogen-bond donors (Lipinski definition) is 2. The molecular weight excluding hydrogens is 288 g/mol. The van der Waals surface area contributed by atoms with Gasteiger partial charge in [-0.3, -0.25) is 0 Å². The highest BCUT2D eigenvalue weighted by atomic mass is 32.2. The molecule has 0 saturated heterocycles. The zero-order valence-electron chi connectivity index (χ0n) is 10.7. The normalized spacial score (nSPS) is 22.5. The molecule has 6 nitrogen and oxygen atoms in total. The Balaban J connectivity index is 2.28. The van der Waals surface area contributed by atoms with Gasteiger partial charge in [0.2, 0.25) is 0 Å². The molecule has 0 aromatic carbocycles. The Hall–Kier alpha value is -0.990. The molecule has 1 aliphatic rings. The van der Waals surface area contributed by atoms with E-state index in [1.165, 1.54) is 5.51 Å². The molecule has 1 unspecified atom stereocenters. The fourth-order valence-electron chi connectivity index (χ4n) is 2.35. The van der Waals surface area contributed by atoms with E-state index in [2.05, 4.69) is 9.71 Å². The molecule has 1 fully saturated rings. The van der Waals surface area contributed by atoms with Gasteiger partial charge in [0.25, 0.3) is 10.0 Å². The third-order valence-corrected chi connectivity index (χ3v) is 6.38. The molecular formula is C11H16N2O4S2. The van der Waals surface area contributed by atoms with Gasteiger partial charge in [-0.05, 0) is 18.3 Å². The monoisotopic (exact) mass is 304 g/mol. The quantitative estimate of drug-likeness (QED) is 0.882. The second-order valence-corrected chi connectivity index (χ2v) is 8.11. The average molecular weight is 304 g/mol. The van der Waals surface area contributed by atoms with Gasteiger partial charge in [-0.1, -0.05) is 20.3 Å². The van der Waals surface area contributed by atoms with Crippen molar-refractivity contribution in [3.63, 3.8) is 0 Å². The number of nitrogens with zero attached hydrogens (tertiary/aromatic N) is 1. The highest BCUT2D eigenvalue weighted by Crippen LogP contribution is 2.38. The van der Waals surface area contributed by atoms with Gasteiger partial charge < -0.3 is 5.11 Å². The minimum absolute atomic E-state index is 0.110. The first kappa shape index (κ1) is 14.4. The number of rotatable bonds is 4. The third kappa shape index (κ3) is 2.80. The predicted molar refractivity (Wildman–Crippen MR) is 70.8 cm³/mol. The first-order chi connectivity index (χ1) is 8.74. The number of aromatic carboxylic acids is 1. The Morgan fingerprint density at radius 3 is 2.79 bits per heavy atom. The SMILES string of the molecule is CC1(C)CCCC1NS(=O)(=O)c1scnc1C(=O)O. The van der Waals surface area contributed by atoms with Crippen molar-refractivity contribution in [1.82, 2.24) is 9.71 Å². The molecule has 2 rings (SSSR count). The van der Waals surface area contributed by atoms with Gasteiger partial charge in [0, 0.05) is 6.04 Å². The van der Waals surface area contributed by atoms with Gasteiger partial charge in [0.15, 0.2) is 9.90 Å². The van der Waals surface area contributed by atoms with Crippen LogP contribution in [0.3, 0.4) is 0 Å². The summed E-state index contributed by atoms with van der Waals surface area (Å²) in [6.07, 6.45) is 2.69. The van der Waals surface area contributed by atoms with Crippen LogP contribution in [-0.4, -0.2) is 30.5 Å². The maximum Gasteiger partial charge on any atom is 0.356 e. The molecule has 0 aliphatic heterocycles. The van der Waals surface area contributed by atoms with Crippen LogP contribution in [0.15, 0.2) is 9.72 Å². The zero-order chi connectivity index (χ0) is 14.3. The molecule has 1 atom stereocenters. The van der Waals surface area contributed by atoms with Crippen LogP contribution >= 0.6 is 11.3 Å². The van der Waals surface area contributed by atoms with E-state index in [0.29, 0.717) is 0 Å². The smallest absolute Gasteiger partial charge is 0.356 e. The molecule has 0 radical (unpaired) electrons. The van der Waals surface area contributed by atoms with E-state index >= 15 is 0 Å². The van der Waals surface area contributed by atoms with Crippen molar-refractivity contribution >= 4 is 27.3 Å². The third-order valence-electron chi connectivity index (χ3n) is 3.54. The van der Waals surface area contributed by atoms with Gasteiger partial charge >= 0.3 is 5.97 Å². The molecule has 0 amide bonds. The summed E-state index contributed by atoms with van der Waals surface area (Å²) in [6.45, 7) is 4.02. The van der Waals surface area contributed by atoms with Crippen molar-refractivity contribution < 1.29 is 18.3 Å². The fraction of sp³-hybridized carbons (Fsp3) is 0.636. The van der Waals surface area contributed by atoms with Crippen molar-refractivity contribution in [2.45, 2.75) is 43.4 Å². The van der Waals surface area contributed by atoms with Crippen molar-refractivity contribution in [2.75, 3.05) is 0 Å². The lowest BCUT2D eigenvalue weighted by Gasteiger charge is -2.27. The minimum Gasteiger partial charge on any atom is -0.476 e. The fourth-order valence-corrected chi connectivity index (χ4v) is 4.95. The van der Waals surface area contributed by atoms with Gasteiger partial charge in [-0.15, -0.1) is 11.3 Å². The molecule has 2 N–H and O–H groups in total. The largest absolute Gasteiger partial charge is 0.476 e. The van der Waals surface area contributed by atoms with E-state index in [-0.39, 0.29) is 15.7 Å². The Bertz CT molecular complexity index is 592. The lowest BCUT2D eigenvalue weighted by atomic mass is 9.88. The summed E-state index contributed by atoms with van der Waals surface area (Å²) in [6, 6.07) is -0.166. The highest BCUT2D eigenvalue weighted by molar-refractivity contribution is 7.91. The number of carboxylic acid groups (broad SMARTS) is 1. The maximum absolute atomic E-state index is 12.3. The molecule has 0 bridgehead atoms. The summed E-state index contributed by atoms with van der Waals surface area (Å²) < 4.78 is 26.9. The Labute approximate surface area is 115 Å². The van der Waals surface area contributed by atoms with Crippen LogP contribution in [0.2, 0.25) is 0 Å². The van der Waals surface area contributed by atoms with Gasteiger partial charge in [-0.2, -0.15) is 0 Å². The zero-order valence-corrected chi connectivity index (χ0v) is 12.3. The molecule has 19 heavy (non-hydrogen) atoms. The van der Waals surface area contributed by atoms with Gasteiger partial charge in [0.05, 0.1) is 5.51 Å². The Morgan fingerprint density at radius 2 is 2.26 bits per heavy atom. The molecule has 1 aromatic rings. The van der Waals surface area contributed by atoms with Crippen molar-refractivity contribution in [3.8, 4) is 0 Å². The molecule has 1 heterocycles. The number of sulfonamides is 1. The summed E-state index contributed by atoms with van der Waals surface area (Å²) in [4.78, 5) is 14.5. The number of hydrogen-bond acceptors (Lipinski definition) is 5. The lowest BCUT2D eigenvalue weighted by molar-refractivity contribution is 0.0687. The predicted octanol–water partition coefficient (Wildman–Crippen LogP) is 1.70. The lowest BCUT2D eigenvalue weighted by Crippen LogP contribution is -2.41. The van der Waals surface area contributed by atoms with E-state index in [1.54, 1.807) is 0 Å². The van der Waals surface area contributed by atoms with Crippen LogP contribution in [0.4, 0.5) is 0 Å². The number of thiazole rings is 1. The van der Waals surface area contributed by atoms with Crippen LogP contribution in [0.25, 0.3) is 0 Å². The first-order valence-electron chi connectivity index (χ1n) is 5.93. The molecule has 106 valence electrons. The van der Waals surface area contributed by atoms with Crippen molar-refractivity contribution in [1.29, 1.82) is 0 Å². The topological polar surface area (TPSA) is 96.4 Å². The van der Waals surface area contributed by atoms with Crippen LogP contribution < -0.4 is 4.72 Å². The van der Waals surface area contributed by atoms with E-state index < -0.39 is 21.7 Å². The van der Waals surface area contributed by atoms with Crippen LogP contribution in [-0.2, 0) is 10.0 Å². The minimum atomic E-state index is -3.82. The Morgan fingerprint density at radius 1 is 1.58 bits per heavy atom. The van der Waals surface area contributed by atoms with Crippen molar-refractivity contribution in [2.24, 2.45) is 5.41 Å². The average Bonchev–Trinajstić information content (AvgIpc) is 2.86. The molecule has 8 heteroatoms. The highest BCUT2D eigenvalue weighted by Gasteiger charge is 2.38. The van der Waals surface area contributed by atoms with Crippen LogP contribution in [0.1, 0.15) is 43.6 Å². The Kier molecular flexibility index (Phi) is 3.67. The maximum atomic E-state index is 12.3. The van der Waals surface area contributed by atoms with E-state index in [9.17, 15) is 13.2 Å². The van der Waals surface area contributed by atoms with Crippen LogP contribution in [0, 0.1) is 5.41 Å². The van der Waals surface area contributed by atoms with Crippen molar-refractivity contribution in [3.05, 3.63) is 11.2 Å². The van der Waals surface area contributed by atoms with E-state index in [0.717, 1.165) is 30.6 Å². The summed E-state index contributed by atoms with van der Waals surface area (Å²) in [5, 5.41) is 8.93. The van der Waals surface area contributed by atoms with Gasteiger partial charge in [0.1, 0.15) is 0 Å². The summed E-state index contributed by atoms with van der Waals surface area (Å²) in [7, 11) is -3.82. The summed E-state index contributed by atoms with van der Waals surface area (Å²) in [5.41, 5.74) is 0.715. The van der Waals surface area contributed by atoms with Gasteiger partial charge in [-0.25, -0.2) is 22.9 Å². The number of carboxylic acids is 1. The van der Waals surface area contributed by atoms with Crippen LogP contribution in [0.5, 0.6) is 0 Å². The first-order valence-corrected chi connectivity index (χ1v) is 8.29. The number of carbonyl (C=O) groups is 1. The molecule has 1 saturated carbocycles. The number of nitrogens with one attached hydrogen (secondary N) is 1. The molecule has 1 aromatic heterocycles. The molecule has 1 aliphatic carbocycles. The second-order valence-electron chi connectivity index (χ2n) is 5.35. The molecule has 0 spiro atoms. The standard InChI is InChI=1S/C11H16N2O4S2/c1-11(2)5-3-4-7(11)13-19(16,17)10-8(9(14)15)12-6-18-10/h6-7,13H,3-5H2,1-2H3,(H,14,15). The van der Waals surface area contributed by atoms with E-state index in [4.69, 9.17) is 5.11 Å².